The SMILES string of the molecule is CC(C)(C)OC(=O)N1Cc2nc3n(c2C1)CCCS3. The number of imidazole rings is 1. The average molecular weight is 281 g/mol. The van der Waals surface area contributed by atoms with Crippen molar-refractivity contribution in [1.29, 1.82) is 0 Å². The number of fused-ring (bicyclic) bond motifs is 3. The molecule has 0 saturated carbocycles. The van der Waals surface area contributed by atoms with Crippen LogP contribution >= 0.6 is 11.8 Å². The molecule has 1 aromatic rings. The molecule has 1 aromatic heterocycles. The molecule has 104 valence electrons. The summed E-state index contributed by atoms with van der Waals surface area (Å²) in [4.78, 5) is 18.4. The zero-order valence-corrected chi connectivity index (χ0v) is 12.4. The largest absolute Gasteiger partial charge is 0.444 e. The van der Waals surface area contributed by atoms with E-state index in [1.165, 1.54) is 12.1 Å². The number of amides is 1. The number of carbonyl (C=O) groups is 1. The van der Waals surface area contributed by atoms with Crippen molar-refractivity contribution in [3.63, 3.8) is 0 Å². The average Bonchev–Trinajstić information content (AvgIpc) is 2.83. The number of hydrogen-bond acceptors (Lipinski definition) is 4. The third-order valence-corrected chi connectivity index (χ3v) is 4.27. The van der Waals surface area contributed by atoms with Gasteiger partial charge in [-0.25, -0.2) is 9.78 Å². The van der Waals surface area contributed by atoms with Crippen LogP contribution in [0.4, 0.5) is 4.79 Å². The van der Waals surface area contributed by atoms with Gasteiger partial charge in [0.25, 0.3) is 0 Å². The number of rotatable bonds is 0. The molecule has 0 radical (unpaired) electrons. The van der Waals surface area contributed by atoms with E-state index in [-0.39, 0.29) is 6.09 Å². The zero-order chi connectivity index (χ0) is 13.6. The van der Waals surface area contributed by atoms with Gasteiger partial charge in [0, 0.05) is 12.3 Å². The first-order valence-electron chi connectivity index (χ1n) is 6.63. The summed E-state index contributed by atoms with van der Waals surface area (Å²) in [6.45, 7) is 7.88. The maximum absolute atomic E-state index is 12.1. The molecule has 0 spiro atoms. The topological polar surface area (TPSA) is 47.4 Å². The van der Waals surface area contributed by atoms with Crippen molar-refractivity contribution >= 4 is 17.9 Å². The Morgan fingerprint density at radius 1 is 1.37 bits per heavy atom. The molecule has 0 aromatic carbocycles. The van der Waals surface area contributed by atoms with Crippen LogP contribution in [0.1, 0.15) is 38.6 Å². The summed E-state index contributed by atoms with van der Waals surface area (Å²) < 4.78 is 7.67. The van der Waals surface area contributed by atoms with Gasteiger partial charge in [0.15, 0.2) is 5.16 Å². The Hall–Kier alpha value is -1.17. The van der Waals surface area contributed by atoms with Crippen LogP contribution < -0.4 is 0 Å². The lowest BCUT2D eigenvalue weighted by atomic mass is 10.2. The first-order chi connectivity index (χ1) is 8.94. The fraction of sp³-hybridized carbons (Fsp3) is 0.692. The molecule has 2 aliphatic rings. The Kier molecular flexibility index (Phi) is 3.00. The lowest BCUT2D eigenvalue weighted by Crippen LogP contribution is -2.34. The van der Waals surface area contributed by atoms with E-state index in [4.69, 9.17) is 4.74 Å². The summed E-state index contributed by atoms with van der Waals surface area (Å²) in [5.74, 6) is 1.14. The van der Waals surface area contributed by atoms with Crippen molar-refractivity contribution in [2.75, 3.05) is 5.75 Å². The van der Waals surface area contributed by atoms with Gasteiger partial charge in [-0.05, 0) is 27.2 Å². The van der Waals surface area contributed by atoms with Gasteiger partial charge in [-0.2, -0.15) is 0 Å². The minimum Gasteiger partial charge on any atom is -0.444 e. The number of aromatic nitrogens is 2. The highest BCUT2D eigenvalue weighted by atomic mass is 32.2. The van der Waals surface area contributed by atoms with E-state index in [0.717, 1.165) is 23.1 Å². The standard InChI is InChI=1S/C13H19N3O2S/c1-13(2,3)18-12(17)15-7-9-10(8-15)16-5-4-6-19-11(16)14-9/h4-8H2,1-3H3. The van der Waals surface area contributed by atoms with Crippen LogP contribution in [0.25, 0.3) is 0 Å². The van der Waals surface area contributed by atoms with Crippen LogP contribution in [-0.2, 0) is 24.4 Å². The number of hydrogen-bond donors (Lipinski definition) is 0. The summed E-state index contributed by atoms with van der Waals surface area (Å²) in [5, 5.41) is 1.11. The van der Waals surface area contributed by atoms with Crippen molar-refractivity contribution in [3.05, 3.63) is 11.4 Å². The number of nitrogens with zero attached hydrogens (tertiary/aromatic N) is 3. The summed E-state index contributed by atoms with van der Waals surface area (Å²) in [6.07, 6.45) is 0.927. The monoisotopic (exact) mass is 281 g/mol. The van der Waals surface area contributed by atoms with Crippen molar-refractivity contribution in [3.8, 4) is 0 Å². The van der Waals surface area contributed by atoms with Gasteiger partial charge < -0.3 is 9.30 Å². The predicted molar refractivity (Wildman–Crippen MR) is 73.0 cm³/mol. The summed E-state index contributed by atoms with van der Waals surface area (Å²) >= 11 is 1.81. The highest BCUT2D eigenvalue weighted by Gasteiger charge is 2.33. The highest BCUT2D eigenvalue weighted by molar-refractivity contribution is 7.99. The normalized spacial score (nSPS) is 18.2. The second-order valence-electron chi connectivity index (χ2n) is 5.98. The van der Waals surface area contributed by atoms with Gasteiger partial charge in [0.2, 0.25) is 0 Å². The fourth-order valence-corrected chi connectivity index (χ4v) is 3.40. The van der Waals surface area contributed by atoms with Crippen LogP contribution in [0.5, 0.6) is 0 Å². The maximum Gasteiger partial charge on any atom is 0.410 e. The molecular formula is C13H19N3O2S. The third kappa shape index (κ3) is 2.45. The van der Waals surface area contributed by atoms with E-state index in [0.29, 0.717) is 13.1 Å². The van der Waals surface area contributed by atoms with Crippen molar-refractivity contribution < 1.29 is 9.53 Å². The zero-order valence-electron chi connectivity index (χ0n) is 11.6. The van der Waals surface area contributed by atoms with Gasteiger partial charge in [-0.3, -0.25) is 4.90 Å². The molecule has 2 aliphatic heterocycles. The first-order valence-corrected chi connectivity index (χ1v) is 7.61. The van der Waals surface area contributed by atoms with Gasteiger partial charge in [0.1, 0.15) is 5.60 Å². The molecule has 0 unspecified atom stereocenters. The van der Waals surface area contributed by atoms with Gasteiger partial charge in [-0.15, -0.1) is 0 Å². The second kappa shape index (κ2) is 4.44. The van der Waals surface area contributed by atoms with Crippen LogP contribution in [0, 0.1) is 0 Å². The lowest BCUT2D eigenvalue weighted by Gasteiger charge is -2.24. The van der Waals surface area contributed by atoms with E-state index in [1.54, 1.807) is 4.90 Å². The quantitative estimate of drug-likeness (QED) is 0.733. The Balaban J connectivity index is 1.74. The van der Waals surface area contributed by atoms with E-state index in [1.807, 2.05) is 32.5 Å². The molecule has 0 saturated heterocycles. The highest BCUT2D eigenvalue weighted by Crippen LogP contribution is 2.32. The Morgan fingerprint density at radius 3 is 2.89 bits per heavy atom. The fourth-order valence-electron chi connectivity index (χ4n) is 2.41. The molecule has 0 bridgehead atoms. The molecule has 0 fully saturated rings. The van der Waals surface area contributed by atoms with Gasteiger partial charge in [0.05, 0.1) is 24.5 Å². The van der Waals surface area contributed by atoms with E-state index in [9.17, 15) is 4.79 Å². The molecule has 0 aliphatic carbocycles. The van der Waals surface area contributed by atoms with Crippen molar-refractivity contribution in [1.82, 2.24) is 14.5 Å². The number of thioether (sulfide) groups is 1. The molecule has 0 atom stereocenters. The number of ether oxygens (including phenoxy) is 1. The molecule has 3 rings (SSSR count). The Morgan fingerprint density at radius 2 is 2.16 bits per heavy atom. The van der Waals surface area contributed by atoms with Gasteiger partial charge >= 0.3 is 6.09 Å². The minimum atomic E-state index is -0.445. The maximum atomic E-state index is 12.1. The van der Waals surface area contributed by atoms with Gasteiger partial charge in [-0.1, -0.05) is 11.8 Å². The summed E-state index contributed by atoms with van der Waals surface area (Å²) in [6, 6.07) is 0. The number of carbonyl (C=O) groups excluding carboxylic acids is 1. The predicted octanol–water partition coefficient (Wildman–Crippen LogP) is 2.63. The second-order valence-corrected chi connectivity index (χ2v) is 7.04. The molecule has 3 heterocycles. The smallest absolute Gasteiger partial charge is 0.410 e. The lowest BCUT2D eigenvalue weighted by molar-refractivity contribution is 0.0236. The molecule has 19 heavy (non-hydrogen) atoms. The van der Waals surface area contributed by atoms with E-state index < -0.39 is 5.60 Å². The Bertz CT molecular complexity index is 519. The molecular weight excluding hydrogens is 262 g/mol. The van der Waals surface area contributed by atoms with Crippen molar-refractivity contribution in [2.24, 2.45) is 0 Å². The van der Waals surface area contributed by atoms with Crippen LogP contribution in [0.2, 0.25) is 0 Å². The van der Waals surface area contributed by atoms with E-state index in [2.05, 4.69) is 9.55 Å². The summed E-state index contributed by atoms with van der Waals surface area (Å²) in [5.41, 5.74) is 1.78. The minimum absolute atomic E-state index is 0.247. The van der Waals surface area contributed by atoms with Crippen LogP contribution in [-0.4, -0.2) is 31.9 Å². The Labute approximate surface area is 117 Å². The van der Waals surface area contributed by atoms with Crippen LogP contribution in [0.15, 0.2) is 5.16 Å². The molecule has 6 heteroatoms. The first kappa shape index (κ1) is 12.8. The van der Waals surface area contributed by atoms with E-state index >= 15 is 0 Å². The molecule has 1 amide bonds. The summed E-state index contributed by atoms with van der Waals surface area (Å²) in [7, 11) is 0. The third-order valence-electron chi connectivity index (χ3n) is 3.21. The molecule has 5 nitrogen and oxygen atoms in total. The molecule has 0 N–H and O–H groups in total. The van der Waals surface area contributed by atoms with Crippen LogP contribution in [0.3, 0.4) is 0 Å². The van der Waals surface area contributed by atoms with Crippen molar-refractivity contribution in [2.45, 2.75) is 57.6 Å².